The Balaban J connectivity index is 2.92. The fourth-order valence-corrected chi connectivity index (χ4v) is 1.70. The van der Waals surface area contributed by atoms with Crippen molar-refractivity contribution in [2.24, 2.45) is 0 Å². The molecule has 0 aliphatic carbocycles. The van der Waals surface area contributed by atoms with Gasteiger partial charge in [0.15, 0.2) is 6.29 Å². The Morgan fingerprint density at radius 1 is 1.14 bits per heavy atom. The summed E-state index contributed by atoms with van der Waals surface area (Å²) in [5, 5.41) is 2.39. The second-order valence-electron chi connectivity index (χ2n) is 2.77. The van der Waals surface area contributed by atoms with E-state index in [0.29, 0.717) is 22.0 Å². The molecule has 2 nitrogen and oxygen atoms in total. The van der Waals surface area contributed by atoms with Gasteiger partial charge in [-0.05, 0) is 12.1 Å². The Labute approximate surface area is 90.5 Å². The molecule has 0 fully saturated rings. The van der Waals surface area contributed by atoms with Gasteiger partial charge in [-0.2, -0.15) is 0 Å². The van der Waals surface area contributed by atoms with E-state index in [1.54, 1.807) is 18.2 Å². The van der Waals surface area contributed by atoms with Gasteiger partial charge in [0.1, 0.15) is 5.69 Å². The highest BCUT2D eigenvalue weighted by atomic mass is 35.5. The second kappa shape index (κ2) is 3.56. The molecule has 0 aliphatic rings. The molecule has 1 aromatic heterocycles. The maximum atomic E-state index is 10.7. The molecule has 0 atom stereocenters. The molecule has 4 heteroatoms. The molecule has 1 heterocycles. The molecule has 0 spiro atoms. The molecule has 2 aromatic rings. The summed E-state index contributed by atoms with van der Waals surface area (Å²) in [6, 6.07) is 5.12. The first kappa shape index (κ1) is 9.44. The molecule has 0 saturated heterocycles. The van der Waals surface area contributed by atoms with Crippen molar-refractivity contribution >= 4 is 40.3 Å². The summed E-state index contributed by atoms with van der Waals surface area (Å²) in [7, 11) is 0. The number of hydrogen-bond acceptors (Lipinski definition) is 2. The summed E-state index contributed by atoms with van der Waals surface area (Å²) in [5.41, 5.74) is 0.376. The van der Waals surface area contributed by atoms with Gasteiger partial charge in [-0.3, -0.25) is 9.78 Å². The van der Waals surface area contributed by atoms with Gasteiger partial charge in [-0.25, -0.2) is 0 Å². The van der Waals surface area contributed by atoms with Crippen LogP contribution in [0.1, 0.15) is 10.5 Å². The topological polar surface area (TPSA) is 30.0 Å². The van der Waals surface area contributed by atoms with E-state index in [0.717, 1.165) is 10.8 Å². The average molecular weight is 226 g/mol. The third-order valence-corrected chi connectivity index (χ3v) is 2.79. The van der Waals surface area contributed by atoms with Crippen LogP contribution < -0.4 is 0 Å². The molecular formula is C10H5Cl2NO. The van der Waals surface area contributed by atoms with Crippen LogP contribution in [-0.2, 0) is 0 Å². The van der Waals surface area contributed by atoms with Crippen molar-refractivity contribution in [1.82, 2.24) is 4.98 Å². The molecule has 0 amide bonds. The predicted octanol–water partition coefficient (Wildman–Crippen LogP) is 3.35. The van der Waals surface area contributed by atoms with Gasteiger partial charge in [0.2, 0.25) is 0 Å². The Bertz CT molecular complexity index is 511. The van der Waals surface area contributed by atoms with Crippen LogP contribution in [0.15, 0.2) is 24.4 Å². The Morgan fingerprint density at radius 2 is 1.93 bits per heavy atom. The number of aromatic nitrogens is 1. The molecular weight excluding hydrogens is 221 g/mol. The first-order chi connectivity index (χ1) is 6.74. The number of benzene rings is 1. The lowest BCUT2D eigenvalue weighted by atomic mass is 10.1. The van der Waals surface area contributed by atoms with Crippen LogP contribution in [0.2, 0.25) is 10.0 Å². The van der Waals surface area contributed by atoms with Crippen LogP contribution in [0.3, 0.4) is 0 Å². The highest BCUT2D eigenvalue weighted by Crippen LogP contribution is 2.30. The van der Waals surface area contributed by atoms with Crippen molar-refractivity contribution in [2.75, 3.05) is 0 Å². The first-order valence-corrected chi connectivity index (χ1v) is 4.67. The summed E-state index contributed by atoms with van der Waals surface area (Å²) >= 11 is 11.8. The summed E-state index contributed by atoms with van der Waals surface area (Å²) < 4.78 is 0. The number of fused-ring (bicyclic) bond motifs is 1. The largest absolute Gasteiger partial charge is 0.296 e. The average Bonchev–Trinajstić information content (AvgIpc) is 2.23. The lowest BCUT2D eigenvalue weighted by Crippen LogP contribution is -1.88. The summed E-state index contributed by atoms with van der Waals surface area (Å²) in [6.07, 6.45) is 2.24. The van der Waals surface area contributed by atoms with Crippen LogP contribution in [0.4, 0.5) is 0 Å². The molecule has 2 rings (SSSR count). The third kappa shape index (κ3) is 1.37. The fourth-order valence-electron chi connectivity index (χ4n) is 1.31. The van der Waals surface area contributed by atoms with Gasteiger partial charge in [0.25, 0.3) is 0 Å². The van der Waals surface area contributed by atoms with Crippen molar-refractivity contribution in [2.45, 2.75) is 0 Å². The van der Waals surface area contributed by atoms with E-state index in [1.807, 2.05) is 0 Å². The van der Waals surface area contributed by atoms with Gasteiger partial charge in [0.05, 0.1) is 10.0 Å². The number of nitrogens with zero attached hydrogens (tertiary/aromatic N) is 1. The molecule has 0 unspecified atom stereocenters. The number of carbonyl (C=O) groups excluding carboxylic acids is 1. The number of pyridine rings is 1. The monoisotopic (exact) mass is 225 g/mol. The SMILES string of the molecule is O=Cc1nccc2c(Cl)c(Cl)ccc12. The maximum Gasteiger partial charge on any atom is 0.169 e. The summed E-state index contributed by atoms with van der Waals surface area (Å²) in [5.74, 6) is 0. The lowest BCUT2D eigenvalue weighted by molar-refractivity contribution is 0.112. The zero-order valence-electron chi connectivity index (χ0n) is 7.00. The normalized spacial score (nSPS) is 10.4. The van der Waals surface area contributed by atoms with Crippen LogP contribution in [0, 0.1) is 0 Å². The van der Waals surface area contributed by atoms with Gasteiger partial charge >= 0.3 is 0 Å². The van der Waals surface area contributed by atoms with E-state index in [-0.39, 0.29) is 0 Å². The van der Waals surface area contributed by atoms with Crippen molar-refractivity contribution in [1.29, 1.82) is 0 Å². The quantitative estimate of drug-likeness (QED) is 0.698. The highest BCUT2D eigenvalue weighted by Gasteiger charge is 2.06. The van der Waals surface area contributed by atoms with Crippen molar-refractivity contribution in [3.05, 3.63) is 40.1 Å². The van der Waals surface area contributed by atoms with Gasteiger partial charge in [-0.15, -0.1) is 0 Å². The summed E-state index contributed by atoms with van der Waals surface area (Å²) in [4.78, 5) is 14.6. The van der Waals surface area contributed by atoms with Crippen LogP contribution in [0.25, 0.3) is 10.8 Å². The van der Waals surface area contributed by atoms with Crippen LogP contribution >= 0.6 is 23.2 Å². The molecule has 0 aliphatic heterocycles. The first-order valence-electron chi connectivity index (χ1n) is 3.92. The Kier molecular flexibility index (Phi) is 2.40. The van der Waals surface area contributed by atoms with Crippen molar-refractivity contribution in [3.63, 3.8) is 0 Å². The van der Waals surface area contributed by atoms with E-state index in [9.17, 15) is 4.79 Å². The minimum absolute atomic E-state index is 0.376. The number of rotatable bonds is 1. The standard InChI is InChI=1S/C10H5Cl2NO/c11-8-2-1-6-7(10(8)12)3-4-13-9(6)5-14/h1-5H. The van der Waals surface area contributed by atoms with Crippen molar-refractivity contribution < 1.29 is 4.79 Å². The second-order valence-corrected chi connectivity index (χ2v) is 3.56. The van der Waals surface area contributed by atoms with E-state index >= 15 is 0 Å². The third-order valence-electron chi connectivity index (χ3n) is 1.98. The Hall–Kier alpha value is -1.12. The van der Waals surface area contributed by atoms with Crippen LogP contribution in [-0.4, -0.2) is 11.3 Å². The number of carbonyl (C=O) groups is 1. The minimum atomic E-state index is 0.376. The highest BCUT2D eigenvalue weighted by molar-refractivity contribution is 6.45. The van der Waals surface area contributed by atoms with Crippen LogP contribution in [0.5, 0.6) is 0 Å². The van der Waals surface area contributed by atoms with Gasteiger partial charge in [0, 0.05) is 17.0 Å². The van der Waals surface area contributed by atoms with Gasteiger partial charge in [-0.1, -0.05) is 29.3 Å². The van der Waals surface area contributed by atoms with Crippen molar-refractivity contribution in [3.8, 4) is 0 Å². The summed E-state index contributed by atoms with van der Waals surface area (Å²) in [6.45, 7) is 0. The van der Waals surface area contributed by atoms with E-state index in [2.05, 4.69) is 4.98 Å². The zero-order chi connectivity index (χ0) is 10.1. The van der Waals surface area contributed by atoms with E-state index < -0.39 is 0 Å². The zero-order valence-corrected chi connectivity index (χ0v) is 8.51. The molecule has 0 bridgehead atoms. The van der Waals surface area contributed by atoms with E-state index in [4.69, 9.17) is 23.2 Å². The fraction of sp³-hybridized carbons (Fsp3) is 0. The molecule has 0 saturated carbocycles. The number of halogens is 2. The minimum Gasteiger partial charge on any atom is -0.296 e. The smallest absolute Gasteiger partial charge is 0.169 e. The number of hydrogen-bond donors (Lipinski definition) is 0. The molecule has 1 aromatic carbocycles. The lowest BCUT2D eigenvalue weighted by Gasteiger charge is -2.03. The Morgan fingerprint density at radius 3 is 2.64 bits per heavy atom. The molecule has 0 N–H and O–H groups in total. The predicted molar refractivity (Wildman–Crippen MR) is 57.2 cm³/mol. The maximum absolute atomic E-state index is 10.7. The molecule has 70 valence electrons. The number of aldehydes is 1. The molecule has 14 heavy (non-hydrogen) atoms. The van der Waals surface area contributed by atoms with Gasteiger partial charge < -0.3 is 0 Å². The van der Waals surface area contributed by atoms with E-state index in [1.165, 1.54) is 6.20 Å². The molecule has 0 radical (unpaired) electrons.